The average Bonchev–Trinajstić information content (AvgIpc) is 2.35. The summed E-state index contributed by atoms with van der Waals surface area (Å²) in [4.78, 5) is 12.1. The van der Waals surface area contributed by atoms with E-state index >= 15 is 0 Å². The van der Waals surface area contributed by atoms with Crippen molar-refractivity contribution in [2.45, 2.75) is 19.0 Å². The van der Waals surface area contributed by atoms with Gasteiger partial charge in [-0.05, 0) is 36.6 Å². The summed E-state index contributed by atoms with van der Waals surface area (Å²) in [5.74, 6) is 3.41. The summed E-state index contributed by atoms with van der Waals surface area (Å²) in [6.45, 7) is 0.0841. The van der Waals surface area contributed by atoms with Gasteiger partial charge in [0.15, 0.2) is 0 Å². The first-order valence-corrected chi connectivity index (χ1v) is 5.41. The van der Waals surface area contributed by atoms with Gasteiger partial charge in [0.05, 0.1) is 0 Å². The molecule has 3 N–H and O–H groups in total. The Morgan fingerprint density at radius 1 is 1.39 bits per heavy atom. The molecule has 2 rings (SSSR count). The van der Waals surface area contributed by atoms with Crippen molar-refractivity contribution in [1.29, 1.82) is 0 Å². The second-order valence-electron chi connectivity index (χ2n) is 4.05. The van der Waals surface area contributed by atoms with Crippen LogP contribution in [-0.2, 0) is 11.2 Å². The first kappa shape index (κ1) is 12.7. The molecular weight excluding hydrogens is 247 g/mol. The molecule has 0 atom stereocenters. The van der Waals surface area contributed by atoms with Crippen LogP contribution in [0.1, 0.15) is 12.0 Å². The van der Waals surface area contributed by atoms with Gasteiger partial charge in [0, 0.05) is 17.9 Å². The molecular formula is C11H12F3N3O. The first-order chi connectivity index (χ1) is 8.43. The number of carbonyl (C=O) groups is 1. The zero-order chi connectivity index (χ0) is 13.3. The maximum absolute atomic E-state index is 12.4. The predicted octanol–water partition coefficient (Wildman–Crippen LogP) is 1.81. The van der Waals surface area contributed by atoms with E-state index < -0.39 is 12.1 Å². The molecule has 1 aromatic rings. The number of nitrogens with one attached hydrogen (secondary N) is 1. The summed E-state index contributed by atoms with van der Waals surface area (Å²) in [5, 5.41) is 0. The summed E-state index contributed by atoms with van der Waals surface area (Å²) in [6.07, 6.45) is -3.71. The van der Waals surface area contributed by atoms with Crippen LogP contribution in [0.4, 0.5) is 24.5 Å². The molecule has 1 aliphatic rings. The number of hydrazine groups is 1. The van der Waals surface area contributed by atoms with E-state index in [-0.39, 0.29) is 6.54 Å². The third-order valence-corrected chi connectivity index (χ3v) is 2.85. The number of halogens is 3. The molecule has 18 heavy (non-hydrogen) atoms. The largest absolute Gasteiger partial charge is 0.471 e. The molecule has 98 valence electrons. The predicted molar refractivity (Wildman–Crippen MR) is 61.0 cm³/mol. The summed E-state index contributed by atoms with van der Waals surface area (Å²) in [7, 11) is 0. The van der Waals surface area contributed by atoms with Crippen LogP contribution in [0.3, 0.4) is 0 Å². The van der Waals surface area contributed by atoms with Crippen LogP contribution in [0.25, 0.3) is 0 Å². The second-order valence-corrected chi connectivity index (χ2v) is 4.05. The number of alkyl halides is 3. The van der Waals surface area contributed by atoms with Crippen molar-refractivity contribution < 1.29 is 18.0 Å². The third kappa shape index (κ3) is 2.26. The van der Waals surface area contributed by atoms with E-state index in [4.69, 9.17) is 5.84 Å². The fourth-order valence-corrected chi connectivity index (χ4v) is 2.05. The number of benzene rings is 1. The molecule has 1 heterocycles. The molecule has 1 aliphatic heterocycles. The SMILES string of the molecule is NNc1ccc2c(c1)CCCN2C(=O)C(F)(F)F. The number of nitrogens with zero attached hydrogens (tertiary/aromatic N) is 1. The molecule has 0 saturated carbocycles. The molecule has 0 unspecified atom stereocenters. The van der Waals surface area contributed by atoms with Gasteiger partial charge < -0.3 is 10.3 Å². The van der Waals surface area contributed by atoms with E-state index in [0.29, 0.717) is 29.8 Å². The van der Waals surface area contributed by atoms with Crippen LogP contribution < -0.4 is 16.2 Å². The zero-order valence-corrected chi connectivity index (χ0v) is 9.42. The van der Waals surface area contributed by atoms with E-state index in [1.54, 1.807) is 12.1 Å². The van der Waals surface area contributed by atoms with Crippen molar-refractivity contribution in [3.63, 3.8) is 0 Å². The number of hydrogen-bond acceptors (Lipinski definition) is 3. The van der Waals surface area contributed by atoms with Gasteiger partial charge in [-0.15, -0.1) is 0 Å². The highest BCUT2D eigenvalue weighted by atomic mass is 19.4. The van der Waals surface area contributed by atoms with Crippen molar-refractivity contribution >= 4 is 17.3 Å². The minimum absolute atomic E-state index is 0.0841. The Morgan fingerprint density at radius 2 is 2.11 bits per heavy atom. The Hall–Kier alpha value is -1.76. The molecule has 0 aromatic heterocycles. The molecule has 7 heteroatoms. The van der Waals surface area contributed by atoms with Crippen LogP contribution in [0.5, 0.6) is 0 Å². The lowest BCUT2D eigenvalue weighted by atomic mass is 10.0. The summed E-state index contributed by atoms with van der Waals surface area (Å²) in [5.41, 5.74) is 4.03. The number of nitrogen functional groups attached to an aromatic ring is 1. The highest BCUT2D eigenvalue weighted by Crippen LogP contribution is 2.32. The van der Waals surface area contributed by atoms with Gasteiger partial charge in [-0.25, -0.2) is 0 Å². The molecule has 0 radical (unpaired) electrons. The molecule has 0 fully saturated rings. The molecule has 0 saturated heterocycles. The molecule has 4 nitrogen and oxygen atoms in total. The minimum Gasteiger partial charge on any atom is -0.324 e. The third-order valence-electron chi connectivity index (χ3n) is 2.85. The van der Waals surface area contributed by atoms with Crippen LogP contribution >= 0.6 is 0 Å². The van der Waals surface area contributed by atoms with Crippen molar-refractivity contribution in [3.8, 4) is 0 Å². The second kappa shape index (κ2) is 4.49. The molecule has 1 aromatic carbocycles. The molecule has 1 amide bonds. The van der Waals surface area contributed by atoms with Gasteiger partial charge in [-0.1, -0.05) is 0 Å². The van der Waals surface area contributed by atoms with Crippen LogP contribution in [0, 0.1) is 0 Å². The number of nitrogens with two attached hydrogens (primary N) is 1. The van der Waals surface area contributed by atoms with Gasteiger partial charge in [0.1, 0.15) is 0 Å². The smallest absolute Gasteiger partial charge is 0.324 e. The number of aryl methyl sites for hydroxylation is 1. The normalized spacial score (nSPS) is 15.2. The van der Waals surface area contributed by atoms with Gasteiger partial charge in [-0.3, -0.25) is 10.6 Å². The summed E-state index contributed by atoms with van der Waals surface area (Å²) >= 11 is 0. The maximum Gasteiger partial charge on any atom is 0.471 e. The Labute approximate surface area is 102 Å². The molecule has 0 spiro atoms. The summed E-state index contributed by atoms with van der Waals surface area (Å²) < 4.78 is 37.3. The first-order valence-electron chi connectivity index (χ1n) is 5.41. The van der Waals surface area contributed by atoms with Crippen LogP contribution in [0.2, 0.25) is 0 Å². The highest BCUT2D eigenvalue weighted by molar-refractivity contribution is 5.98. The maximum atomic E-state index is 12.4. The van der Waals surface area contributed by atoms with Crippen LogP contribution in [-0.4, -0.2) is 18.6 Å². The van der Waals surface area contributed by atoms with Gasteiger partial charge in [-0.2, -0.15) is 13.2 Å². The van der Waals surface area contributed by atoms with Crippen LogP contribution in [0.15, 0.2) is 18.2 Å². The fraction of sp³-hybridized carbons (Fsp3) is 0.364. The number of hydrogen-bond donors (Lipinski definition) is 2. The van der Waals surface area contributed by atoms with Crippen molar-refractivity contribution in [2.24, 2.45) is 5.84 Å². The quantitative estimate of drug-likeness (QED) is 0.597. The molecule has 0 aliphatic carbocycles. The topological polar surface area (TPSA) is 58.4 Å². The van der Waals surface area contributed by atoms with Gasteiger partial charge in [0.25, 0.3) is 0 Å². The Morgan fingerprint density at radius 3 is 2.72 bits per heavy atom. The number of anilines is 2. The van der Waals surface area contributed by atoms with E-state index in [1.807, 2.05) is 0 Å². The zero-order valence-electron chi connectivity index (χ0n) is 9.42. The number of fused-ring (bicyclic) bond motifs is 1. The van der Waals surface area contributed by atoms with Gasteiger partial charge >= 0.3 is 12.1 Å². The summed E-state index contributed by atoms with van der Waals surface area (Å²) in [6, 6.07) is 4.68. The average molecular weight is 259 g/mol. The number of carbonyl (C=O) groups excluding carboxylic acids is 1. The van der Waals surface area contributed by atoms with Crippen molar-refractivity contribution in [1.82, 2.24) is 0 Å². The van der Waals surface area contributed by atoms with Crippen molar-refractivity contribution in [3.05, 3.63) is 23.8 Å². The molecule has 0 bridgehead atoms. The van der Waals surface area contributed by atoms with E-state index in [0.717, 1.165) is 4.90 Å². The van der Waals surface area contributed by atoms with E-state index in [2.05, 4.69) is 5.43 Å². The number of rotatable bonds is 1. The van der Waals surface area contributed by atoms with E-state index in [1.165, 1.54) is 6.07 Å². The standard InChI is InChI=1S/C11H12F3N3O/c12-11(13,14)10(18)17-5-1-2-7-6-8(16-15)3-4-9(7)17/h3-4,6,16H,1-2,5,15H2. The lowest BCUT2D eigenvalue weighted by Gasteiger charge is -2.30. The Balaban J connectivity index is 2.37. The Kier molecular flexibility index (Phi) is 3.16. The minimum atomic E-state index is -4.85. The lowest BCUT2D eigenvalue weighted by molar-refractivity contribution is -0.170. The van der Waals surface area contributed by atoms with E-state index in [9.17, 15) is 18.0 Å². The monoisotopic (exact) mass is 259 g/mol. The Bertz CT molecular complexity index is 473. The highest BCUT2D eigenvalue weighted by Gasteiger charge is 2.43. The lowest BCUT2D eigenvalue weighted by Crippen LogP contribution is -2.43. The van der Waals surface area contributed by atoms with Gasteiger partial charge in [0.2, 0.25) is 0 Å². The fourth-order valence-electron chi connectivity index (χ4n) is 2.05. The van der Waals surface area contributed by atoms with Crippen molar-refractivity contribution in [2.75, 3.05) is 16.9 Å². The number of amides is 1.